The number of anilines is 2. The summed E-state index contributed by atoms with van der Waals surface area (Å²) in [5, 5.41) is 0. The van der Waals surface area contributed by atoms with Gasteiger partial charge < -0.3 is 15.4 Å². The van der Waals surface area contributed by atoms with Crippen LogP contribution in [0, 0.1) is 0 Å². The second-order valence-electron chi connectivity index (χ2n) is 6.53. The molecule has 1 aliphatic heterocycles. The maximum atomic E-state index is 6.35. The van der Waals surface area contributed by atoms with Crippen molar-refractivity contribution in [1.82, 2.24) is 9.97 Å². The van der Waals surface area contributed by atoms with E-state index in [1.165, 1.54) is 4.90 Å². The van der Waals surface area contributed by atoms with Crippen molar-refractivity contribution in [3.63, 3.8) is 0 Å². The minimum atomic E-state index is -0.145. The number of fused-ring (bicyclic) bond motifs is 1. The number of aromatic nitrogens is 2. The summed E-state index contributed by atoms with van der Waals surface area (Å²) in [4.78, 5) is 11.8. The third kappa shape index (κ3) is 3.44. The highest BCUT2D eigenvalue weighted by Crippen LogP contribution is 2.45. The molecule has 2 aromatic heterocycles. The van der Waals surface area contributed by atoms with Crippen molar-refractivity contribution in [2.75, 3.05) is 4.90 Å². The van der Waals surface area contributed by atoms with Gasteiger partial charge in [-0.15, -0.1) is 0 Å². The van der Waals surface area contributed by atoms with Crippen LogP contribution in [-0.2, 0) is 0 Å². The first-order valence-electron chi connectivity index (χ1n) is 9.23. The molecule has 0 amide bonds. The van der Waals surface area contributed by atoms with E-state index in [1.54, 1.807) is 30.4 Å². The monoisotopic (exact) mass is 398 g/mol. The van der Waals surface area contributed by atoms with Crippen LogP contribution in [0.5, 0.6) is 11.6 Å². The van der Waals surface area contributed by atoms with E-state index in [9.17, 15) is 0 Å². The third-order valence-electron chi connectivity index (χ3n) is 4.72. The second kappa shape index (κ2) is 7.58. The summed E-state index contributed by atoms with van der Waals surface area (Å²) in [5.74, 6) is 1.28. The molecule has 1 atom stereocenters. The lowest BCUT2D eigenvalue weighted by Gasteiger charge is -2.23. The molecule has 2 N–H and O–H groups in total. The summed E-state index contributed by atoms with van der Waals surface area (Å²) in [6.45, 7) is 0. The van der Waals surface area contributed by atoms with Crippen molar-refractivity contribution in [1.29, 1.82) is 0 Å². The molecule has 0 fully saturated rings. The lowest BCUT2D eigenvalue weighted by molar-refractivity contribution is 0.465. The fourth-order valence-electron chi connectivity index (χ4n) is 3.37. The zero-order valence-electron chi connectivity index (χ0n) is 15.5. The van der Waals surface area contributed by atoms with Crippen LogP contribution in [-0.4, -0.2) is 15.5 Å². The summed E-state index contributed by atoms with van der Waals surface area (Å²) >= 11 is 1.66. The molecule has 5 rings (SSSR count). The Labute approximate surface area is 173 Å². The van der Waals surface area contributed by atoms with Gasteiger partial charge in [0.05, 0.1) is 5.69 Å². The lowest BCUT2D eigenvalue weighted by Crippen LogP contribution is -2.31. The van der Waals surface area contributed by atoms with Crippen LogP contribution in [0.4, 0.5) is 11.4 Å². The third-order valence-corrected chi connectivity index (χ3v) is 5.77. The molecular weight excluding hydrogens is 380 g/mol. The summed E-state index contributed by atoms with van der Waals surface area (Å²) in [5.41, 5.74) is 10.3. The number of nitrogens with zero attached hydrogens (tertiary/aromatic N) is 3. The summed E-state index contributed by atoms with van der Waals surface area (Å²) in [6, 6.07) is 24.0. The normalized spacial score (nSPS) is 15.2. The molecule has 3 heterocycles. The Kier molecular flexibility index (Phi) is 4.63. The Morgan fingerprint density at radius 3 is 2.48 bits per heavy atom. The Hall–Kier alpha value is -3.35. The molecule has 0 saturated carbocycles. The number of nitrogens with two attached hydrogens (primary N) is 1. The van der Waals surface area contributed by atoms with E-state index in [2.05, 4.69) is 27.0 Å². The fraction of sp³-hybridized carbons (Fsp3) is 0.0435. The van der Waals surface area contributed by atoms with Crippen LogP contribution in [0.2, 0.25) is 0 Å². The molecule has 0 bridgehead atoms. The molecule has 0 spiro atoms. The highest BCUT2D eigenvalue weighted by Gasteiger charge is 2.28. The van der Waals surface area contributed by atoms with Crippen molar-refractivity contribution < 1.29 is 4.74 Å². The molecule has 0 radical (unpaired) electrons. The number of hydrogen-bond acceptors (Lipinski definition) is 6. The zero-order chi connectivity index (χ0) is 19.6. The number of rotatable bonds is 4. The number of para-hydroxylation sites is 1. The number of pyridine rings is 2. The van der Waals surface area contributed by atoms with Gasteiger partial charge in [0, 0.05) is 34.7 Å². The number of thioether (sulfide) groups is 1. The van der Waals surface area contributed by atoms with Crippen molar-refractivity contribution in [3.8, 4) is 22.8 Å². The first-order chi connectivity index (χ1) is 14.3. The maximum absolute atomic E-state index is 6.35. The van der Waals surface area contributed by atoms with Crippen LogP contribution in [0.25, 0.3) is 11.1 Å². The SMILES string of the molecule is NC1Sc2ccccc2N1c1ccc(Oc2ncccc2-c2ccncc2)cc1. The Morgan fingerprint density at radius 2 is 1.66 bits per heavy atom. The highest BCUT2D eigenvalue weighted by molar-refractivity contribution is 8.00. The highest BCUT2D eigenvalue weighted by atomic mass is 32.2. The number of ether oxygens (including phenoxy) is 1. The Bertz CT molecular complexity index is 1130. The minimum Gasteiger partial charge on any atom is -0.438 e. The first kappa shape index (κ1) is 17.7. The zero-order valence-corrected chi connectivity index (χ0v) is 16.3. The maximum Gasteiger partial charge on any atom is 0.227 e. The Morgan fingerprint density at radius 1 is 0.862 bits per heavy atom. The van der Waals surface area contributed by atoms with Gasteiger partial charge in [-0.1, -0.05) is 23.9 Å². The van der Waals surface area contributed by atoms with Crippen LogP contribution in [0.1, 0.15) is 0 Å². The molecule has 1 unspecified atom stereocenters. The van der Waals surface area contributed by atoms with Crippen LogP contribution in [0.3, 0.4) is 0 Å². The van der Waals surface area contributed by atoms with E-state index in [-0.39, 0.29) is 5.50 Å². The molecule has 1 aliphatic rings. The van der Waals surface area contributed by atoms with Gasteiger partial charge in [0.1, 0.15) is 11.2 Å². The van der Waals surface area contributed by atoms with E-state index in [0.717, 1.165) is 28.3 Å². The predicted molar refractivity (Wildman–Crippen MR) is 116 cm³/mol. The van der Waals surface area contributed by atoms with E-state index in [4.69, 9.17) is 10.5 Å². The summed E-state index contributed by atoms with van der Waals surface area (Å²) < 4.78 is 6.09. The van der Waals surface area contributed by atoms with Crippen LogP contribution >= 0.6 is 11.8 Å². The van der Waals surface area contributed by atoms with Gasteiger partial charge in [-0.3, -0.25) is 4.98 Å². The summed E-state index contributed by atoms with van der Waals surface area (Å²) in [6.07, 6.45) is 5.25. The Balaban J connectivity index is 1.42. The lowest BCUT2D eigenvalue weighted by atomic mass is 10.1. The molecular formula is C23H18N4OS. The fourth-order valence-corrected chi connectivity index (χ4v) is 4.42. The topological polar surface area (TPSA) is 64.3 Å². The van der Waals surface area contributed by atoms with Gasteiger partial charge in [0.15, 0.2) is 0 Å². The van der Waals surface area contributed by atoms with Crippen LogP contribution < -0.4 is 15.4 Å². The van der Waals surface area contributed by atoms with Gasteiger partial charge >= 0.3 is 0 Å². The number of benzene rings is 2. The molecule has 5 nitrogen and oxygen atoms in total. The van der Waals surface area contributed by atoms with Gasteiger partial charge in [0.2, 0.25) is 5.88 Å². The van der Waals surface area contributed by atoms with Crippen molar-refractivity contribution in [3.05, 3.63) is 91.4 Å². The smallest absolute Gasteiger partial charge is 0.227 e. The average Bonchev–Trinajstić information content (AvgIpc) is 3.11. The minimum absolute atomic E-state index is 0.145. The quantitative estimate of drug-likeness (QED) is 0.495. The van der Waals surface area contributed by atoms with Gasteiger partial charge in [-0.05, 0) is 66.2 Å². The molecule has 4 aromatic rings. The molecule has 2 aromatic carbocycles. The van der Waals surface area contributed by atoms with E-state index >= 15 is 0 Å². The van der Waals surface area contributed by atoms with Crippen molar-refractivity contribution in [2.45, 2.75) is 10.4 Å². The second-order valence-corrected chi connectivity index (χ2v) is 7.69. The molecule has 142 valence electrons. The van der Waals surface area contributed by atoms with E-state index < -0.39 is 0 Å². The first-order valence-corrected chi connectivity index (χ1v) is 10.1. The molecule has 29 heavy (non-hydrogen) atoms. The van der Waals surface area contributed by atoms with Crippen LogP contribution in [0.15, 0.2) is 96.3 Å². The van der Waals surface area contributed by atoms with Gasteiger partial charge in [0.25, 0.3) is 0 Å². The largest absolute Gasteiger partial charge is 0.438 e. The molecule has 0 saturated heterocycles. The number of hydrogen-bond donors (Lipinski definition) is 1. The standard InChI is InChI=1S/C23H18N4OS/c24-23-27(20-5-1-2-6-21(20)29-23)17-7-9-18(10-8-17)28-22-19(4-3-13-26-22)16-11-14-25-15-12-16/h1-15,23H,24H2. The van der Waals surface area contributed by atoms with Crippen molar-refractivity contribution >= 4 is 23.1 Å². The van der Waals surface area contributed by atoms with Crippen molar-refractivity contribution in [2.24, 2.45) is 5.73 Å². The predicted octanol–water partition coefficient (Wildman–Crippen LogP) is 5.42. The molecule has 0 aliphatic carbocycles. The van der Waals surface area contributed by atoms with E-state index in [0.29, 0.717) is 5.88 Å². The molecule has 6 heteroatoms. The average molecular weight is 398 g/mol. The van der Waals surface area contributed by atoms with Gasteiger partial charge in [-0.2, -0.15) is 0 Å². The van der Waals surface area contributed by atoms with Gasteiger partial charge in [-0.25, -0.2) is 4.98 Å². The van der Waals surface area contributed by atoms with E-state index in [1.807, 2.05) is 60.7 Å². The summed E-state index contributed by atoms with van der Waals surface area (Å²) in [7, 11) is 0.